The molecule has 5 nitrogen and oxygen atoms in total. The molecule has 0 unspecified atom stereocenters. The fraction of sp³-hybridized carbons (Fsp3) is 0.375. The summed E-state index contributed by atoms with van der Waals surface area (Å²) in [6, 6.07) is 14.1. The summed E-state index contributed by atoms with van der Waals surface area (Å²) in [5, 5.41) is 4.09. The summed E-state index contributed by atoms with van der Waals surface area (Å²) in [7, 11) is 1.65. The van der Waals surface area contributed by atoms with Crippen LogP contribution in [0.15, 0.2) is 55.1 Å². The third-order valence-corrected chi connectivity index (χ3v) is 5.44. The van der Waals surface area contributed by atoms with Crippen LogP contribution in [0.1, 0.15) is 24.0 Å². The number of hydrogen-bond donors (Lipinski definition) is 1. The van der Waals surface area contributed by atoms with Crippen molar-refractivity contribution in [2.45, 2.75) is 32.4 Å². The highest BCUT2D eigenvalue weighted by Crippen LogP contribution is 2.29. The molecule has 1 atom stereocenters. The van der Waals surface area contributed by atoms with Crippen LogP contribution in [0.25, 0.3) is 0 Å². The molecule has 160 valence electrons. The zero-order valence-corrected chi connectivity index (χ0v) is 18.5. The molecule has 0 bridgehead atoms. The van der Waals surface area contributed by atoms with Crippen molar-refractivity contribution in [3.05, 3.63) is 66.2 Å². The Morgan fingerprint density at radius 3 is 2.83 bits per heavy atom. The normalized spacial score (nSPS) is 15.5. The Morgan fingerprint density at radius 1 is 1.30 bits per heavy atom. The average molecular weight is 427 g/mol. The predicted octanol–water partition coefficient (Wildman–Crippen LogP) is 4.95. The second kappa shape index (κ2) is 11.0. The number of aryl methyl sites for hydroxylation is 1. The number of rotatable bonds is 9. The highest BCUT2D eigenvalue weighted by Gasteiger charge is 2.22. The van der Waals surface area contributed by atoms with E-state index in [4.69, 9.17) is 26.4 Å². The molecule has 0 saturated carbocycles. The third kappa shape index (κ3) is 5.97. The van der Waals surface area contributed by atoms with Gasteiger partial charge in [-0.3, -0.25) is 0 Å². The molecule has 6 heteroatoms. The van der Waals surface area contributed by atoms with Crippen LogP contribution in [-0.4, -0.2) is 43.0 Å². The lowest BCUT2D eigenvalue weighted by Crippen LogP contribution is -2.39. The van der Waals surface area contributed by atoms with Gasteiger partial charge < -0.3 is 24.4 Å². The van der Waals surface area contributed by atoms with Gasteiger partial charge in [-0.2, -0.15) is 0 Å². The Morgan fingerprint density at radius 2 is 2.13 bits per heavy atom. The number of hydrogen-bond acceptors (Lipinski definition) is 4. The van der Waals surface area contributed by atoms with E-state index in [9.17, 15) is 0 Å². The van der Waals surface area contributed by atoms with Crippen molar-refractivity contribution in [3.63, 3.8) is 0 Å². The van der Waals surface area contributed by atoms with Gasteiger partial charge in [0.2, 0.25) is 0 Å². The van der Waals surface area contributed by atoms with Crippen molar-refractivity contribution in [2.75, 3.05) is 32.2 Å². The van der Waals surface area contributed by atoms with Crippen LogP contribution in [0.3, 0.4) is 0 Å². The van der Waals surface area contributed by atoms with E-state index in [1.807, 2.05) is 36.4 Å². The number of para-hydroxylation sites is 1. The van der Waals surface area contributed by atoms with E-state index in [0.717, 1.165) is 42.8 Å². The van der Waals surface area contributed by atoms with Crippen molar-refractivity contribution >= 4 is 23.0 Å². The van der Waals surface area contributed by atoms with Gasteiger partial charge in [-0.15, -0.1) is 0 Å². The highest BCUT2D eigenvalue weighted by atomic mass is 32.1. The van der Waals surface area contributed by atoms with Gasteiger partial charge in [-0.05, 0) is 61.3 Å². The van der Waals surface area contributed by atoms with E-state index in [-0.39, 0.29) is 6.10 Å². The lowest BCUT2D eigenvalue weighted by Gasteiger charge is -2.29. The maximum Gasteiger partial charge on any atom is 0.173 e. The quantitative estimate of drug-likeness (QED) is 0.452. The molecular formula is C24H30N2O3S. The molecule has 30 heavy (non-hydrogen) atoms. The molecule has 1 heterocycles. The van der Waals surface area contributed by atoms with Gasteiger partial charge in [0.05, 0.1) is 13.2 Å². The number of thiocarbonyl (C=S) groups is 1. The minimum Gasteiger partial charge on any atom is -0.493 e. The van der Waals surface area contributed by atoms with Crippen LogP contribution in [0.4, 0.5) is 5.69 Å². The number of nitrogens with one attached hydrogen (secondary N) is 1. The molecule has 1 N–H and O–H groups in total. The zero-order valence-electron chi connectivity index (χ0n) is 17.7. The zero-order chi connectivity index (χ0) is 21.3. The lowest BCUT2D eigenvalue weighted by atomic mass is 10.1. The third-order valence-electron chi connectivity index (χ3n) is 5.08. The van der Waals surface area contributed by atoms with Crippen LogP contribution in [-0.2, 0) is 11.3 Å². The first-order valence-electron chi connectivity index (χ1n) is 10.2. The second-order valence-corrected chi connectivity index (χ2v) is 7.73. The van der Waals surface area contributed by atoms with E-state index >= 15 is 0 Å². The molecule has 1 aliphatic heterocycles. The first kappa shape index (κ1) is 22.1. The Hall–Kier alpha value is -2.57. The molecule has 2 aromatic rings. The molecule has 0 aliphatic carbocycles. The molecule has 0 aromatic heterocycles. The molecule has 0 amide bonds. The van der Waals surface area contributed by atoms with Crippen LogP contribution >= 0.6 is 12.2 Å². The van der Waals surface area contributed by atoms with Gasteiger partial charge >= 0.3 is 0 Å². The lowest BCUT2D eigenvalue weighted by molar-refractivity contribution is 0.0905. The molecule has 0 spiro atoms. The monoisotopic (exact) mass is 426 g/mol. The Kier molecular flexibility index (Phi) is 8.11. The Labute approximate surface area is 184 Å². The van der Waals surface area contributed by atoms with Gasteiger partial charge in [0.1, 0.15) is 6.61 Å². The number of anilines is 1. The number of ether oxygens (including phenoxy) is 3. The largest absolute Gasteiger partial charge is 0.493 e. The fourth-order valence-corrected chi connectivity index (χ4v) is 3.71. The molecule has 3 rings (SSSR count). The molecular weight excluding hydrogens is 396 g/mol. The van der Waals surface area contributed by atoms with Crippen molar-refractivity contribution in [1.82, 2.24) is 4.90 Å². The first-order chi connectivity index (χ1) is 14.6. The van der Waals surface area contributed by atoms with Crippen LogP contribution < -0.4 is 14.8 Å². The van der Waals surface area contributed by atoms with Crippen molar-refractivity contribution < 1.29 is 14.2 Å². The summed E-state index contributed by atoms with van der Waals surface area (Å²) in [4.78, 5) is 2.16. The topological polar surface area (TPSA) is 43.0 Å². The number of methoxy groups -OCH3 is 1. The Balaban J connectivity index is 1.77. The summed E-state index contributed by atoms with van der Waals surface area (Å²) in [6.45, 7) is 8.41. The summed E-state index contributed by atoms with van der Waals surface area (Å²) >= 11 is 5.79. The van der Waals surface area contributed by atoms with Crippen molar-refractivity contribution in [2.24, 2.45) is 0 Å². The van der Waals surface area contributed by atoms with Crippen LogP contribution in [0.2, 0.25) is 0 Å². The molecule has 1 fully saturated rings. The van der Waals surface area contributed by atoms with Gasteiger partial charge in [0, 0.05) is 25.4 Å². The summed E-state index contributed by atoms with van der Waals surface area (Å²) in [5.41, 5.74) is 3.26. The molecule has 0 radical (unpaired) electrons. The van der Waals surface area contributed by atoms with E-state index in [0.29, 0.717) is 29.8 Å². The van der Waals surface area contributed by atoms with E-state index in [1.54, 1.807) is 13.2 Å². The number of benzene rings is 2. The average Bonchev–Trinajstić information content (AvgIpc) is 3.27. The van der Waals surface area contributed by atoms with Gasteiger partial charge in [0.15, 0.2) is 16.6 Å². The van der Waals surface area contributed by atoms with E-state index in [1.165, 1.54) is 0 Å². The Bertz CT molecular complexity index is 865. The minimum absolute atomic E-state index is 0.193. The predicted molar refractivity (Wildman–Crippen MR) is 125 cm³/mol. The fourth-order valence-electron chi connectivity index (χ4n) is 3.46. The maximum atomic E-state index is 5.87. The van der Waals surface area contributed by atoms with Gasteiger partial charge in [-0.1, -0.05) is 36.9 Å². The van der Waals surface area contributed by atoms with Crippen LogP contribution in [0, 0.1) is 6.92 Å². The summed E-state index contributed by atoms with van der Waals surface area (Å²) in [5.74, 6) is 1.40. The second-order valence-electron chi connectivity index (χ2n) is 7.35. The SMILES string of the molecule is C=CCOc1ccc(CN(C[C@@H]2CCCO2)C(=S)Nc2ccccc2C)cc1OC. The summed E-state index contributed by atoms with van der Waals surface area (Å²) in [6.07, 6.45) is 4.06. The standard InChI is InChI=1S/C24H30N2O3S/c1-4-13-29-22-12-11-19(15-23(22)27-3)16-26(17-20-9-7-14-28-20)24(30)25-21-10-6-5-8-18(21)2/h4-6,8,10-12,15,20H,1,7,9,13-14,16-17H2,2-3H3,(H,25,30)/t20-/m0/s1. The highest BCUT2D eigenvalue weighted by molar-refractivity contribution is 7.80. The molecule has 1 aliphatic rings. The first-order valence-corrected chi connectivity index (χ1v) is 10.6. The smallest absolute Gasteiger partial charge is 0.173 e. The number of nitrogens with zero attached hydrogens (tertiary/aromatic N) is 1. The minimum atomic E-state index is 0.193. The van der Waals surface area contributed by atoms with E-state index in [2.05, 4.69) is 29.8 Å². The van der Waals surface area contributed by atoms with Crippen molar-refractivity contribution in [3.8, 4) is 11.5 Å². The molecule has 2 aromatic carbocycles. The van der Waals surface area contributed by atoms with Crippen LogP contribution in [0.5, 0.6) is 11.5 Å². The maximum absolute atomic E-state index is 5.87. The van der Waals surface area contributed by atoms with Gasteiger partial charge in [-0.25, -0.2) is 0 Å². The summed E-state index contributed by atoms with van der Waals surface area (Å²) < 4.78 is 17.1. The van der Waals surface area contributed by atoms with Gasteiger partial charge in [0.25, 0.3) is 0 Å². The van der Waals surface area contributed by atoms with Crippen molar-refractivity contribution in [1.29, 1.82) is 0 Å². The van der Waals surface area contributed by atoms with E-state index < -0.39 is 0 Å². The molecule has 1 saturated heterocycles.